The van der Waals surface area contributed by atoms with Crippen LogP contribution in [0.4, 0.5) is 11.4 Å². The Morgan fingerprint density at radius 1 is 1.00 bits per heavy atom. The molecule has 0 fully saturated rings. The van der Waals surface area contributed by atoms with Crippen LogP contribution in [0.15, 0.2) is 81.7 Å². The van der Waals surface area contributed by atoms with Crippen LogP contribution in [0.25, 0.3) is 0 Å². The number of rotatable bonds is 6. The van der Waals surface area contributed by atoms with Gasteiger partial charge >= 0.3 is 0 Å². The number of hydrogen-bond donors (Lipinski definition) is 1. The van der Waals surface area contributed by atoms with Crippen molar-refractivity contribution < 1.29 is 21.6 Å². The number of sulfonamides is 1. The Labute approximate surface area is 172 Å². The summed E-state index contributed by atoms with van der Waals surface area (Å²) in [5, 5.41) is 11.3. The molecule has 1 aromatic heterocycles. The zero-order valence-corrected chi connectivity index (χ0v) is 17.1. The summed E-state index contributed by atoms with van der Waals surface area (Å²) in [4.78, 5) is 3.19. The van der Waals surface area contributed by atoms with E-state index in [1.807, 2.05) is 0 Å². The van der Waals surface area contributed by atoms with Gasteiger partial charge in [0.15, 0.2) is 0 Å². The maximum Gasteiger partial charge on any atom is 0.261 e. The van der Waals surface area contributed by atoms with Crippen LogP contribution < -0.4 is 4.72 Å². The summed E-state index contributed by atoms with van der Waals surface area (Å²) in [5.41, 5.74) is -0.0137. The smallest absolute Gasteiger partial charge is 0.261 e. The van der Waals surface area contributed by atoms with E-state index in [2.05, 4.69) is 16.4 Å². The lowest BCUT2D eigenvalue weighted by atomic mass is 10.3. The predicted octanol–water partition coefficient (Wildman–Crippen LogP) is 3.21. The Kier molecular flexibility index (Phi) is 5.60. The van der Waals surface area contributed by atoms with Crippen LogP contribution >= 0.6 is 11.6 Å². The summed E-state index contributed by atoms with van der Waals surface area (Å²) in [6, 6.07) is 11.5. The normalized spacial score (nSPS) is 11.8. The Morgan fingerprint density at radius 3 is 2.28 bits per heavy atom. The molecule has 11 heteroatoms. The maximum atomic E-state index is 13.0. The second kappa shape index (κ2) is 7.82. The van der Waals surface area contributed by atoms with Gasteiger partial charge in [-0.05, 0) is 42.5 Å². The van der Waals surface area contributed by atoms with Crippen LogP contribution in [0.2, 0.25) is 5.02 Å². The van der Waals surface area contributed by atoms with Crippen molar-refractivity contribution in [2.75, 3.05) is 4.72 Å². The molecule has 0 radical (unpaired) electrons. The van der Waals surface area contributed by atoms with E-state index in [9.17, 15) is 22.0 Å². The number of nitrogens with zero attached hydrogens (tertiary/aromatic N) is 2. The molecule has 3 aromatic rings. The van der Waals surface area contributed by atoms with Crippen molar-refractivity contribution in [3.8, 4) is 0 Å². The van der Waals surface area contributed by atoms with E-state index in [4.69, 9.17) is 11.6 Å². The minimum absolute atomic E-state index is 0.113. The van der Waals surface area contributed by atoms with Gasteiger partial charge in [-0.1, -0.05) is 11.6 Å². The molecule has 29 heavy (non-hydrogen) atoms. The average Bonchev–Trinajstić information content (AvgIpc) is 2.70. The third kappa shape index (κ3) is 4.39. The Bertz CT molecular complexity index is 1280. The lowest BCUT2D eigenvalue weighted by Gasteiger charge is -2.14. The summed E-state index contributed by atoms with van der Waals surface area (Å²) in [5.74, 6) is 0. The van der Waals surface area contributed by atoms with Crippen molar-refractivity contribution in [3.05, 3.63) is 77.2 Å². The lowest BCUT2D eigenvalue weighted by molar-refractivity contribution is -0.349. The molecule has 3 rings (SSSR count). The summed E-state index contributed by atoms with van der Waals surface area (Å²) < 4.78 is 54.0. The van der Waals surface area contributed by atoms with Gasteiger partial charge in [0.25, 0.3) is 10.0 Å². The van der Waals surface area contributed by atoms with Crippen LogP contribution in [0.1, 0.15) is 0 Å². The van der Waals surface area contributed by atoms with Gasteiger partial charge in [0.05, 0.1) is 20.4 Å². The molecular formula is C18H14ClN3O5S2. The maximum absolute atomic E-state index is 13.0. The Hall–Kier alpha value is -2.95. The van der Waals surface area contributed by atoms with Gasteiger partial charge in [0.1, 0.15) is 6.72 Å². The zero-order valence-electron chi connectivity index (χ0n) is 14.7. The molecule has 0 unspecified atom stereocenters. The largest absolute Gasteiger partial charge is 0.619 e. The van der Waals surface area contributed by atoms with Crippen LogP contribution in [-0.2, 0) is 19.9 Å². The van der Waals surface area contributed by atoms with E-state index in [1.165, 1.54) is 54.7 Å². The minimum atomic E-state index is -4.15. The van der Waals surface area contributed by atoms with Crippen molar-refractivity contribution >= 4 is 49.6 Å². The molecule has 1 heterocycles. The second-order valence-corrected chi connectivity index (χ2v) is 9.85. The number of anilines is 1. The SMILES string of the molecule is C=[N+]([O-])c1ccc(S(=O)(=O)Nc2ccc(Cl)cc2S(=O)(=O)c2cccnc2)cc1. The first-order chi connectivity index (χ1) is 13.6. The van der Waals surface area contributed by atoms with E-state index in [1.54, 1.807) is 0 Å². The molecule has 1 N–H and O–H groups in total. The molecule has 0 spiro atoms. The van der Waals surface area contributed by atoms with Crippen molar-refractivity contribution in [2.24, 2.45) is 0 Å². The quantitative estimate of drug-likeness (QED) is 0.266. The highest BCUT2D eigenvalue weighted by molar-refractivity contribution is 7.93. The third-order valence-corrected chi connectivity index (χ3v) is 7.25. The van der Waals surface area contributed by atoms with Crippen LogP contribution in [0, 0.1) is 5.21 Å². The van der Waals surface area contributed by atoms with E-state index in [0.717, 1.165) is 12.3 Å². The zero-order chi connectivity index (χ0) is 21.2. The van der Waals surface area contributed by atoms with Crippen molar-refractivity contribution in [3.63, 3.8) is 0 Å². The topological polar surface area (TPSA) is 119 Å². The van der Waals surface area contributed by atoms with Gasteiger partial charge in [-0.25, -0.2) is 16.8 Å². The van der Waals surface area contributed by atoms with Gasteiger partial charge in [-0.3, -0.25) is 9.71 Å². The highest BCUT2D eigenvalue weighted by atomic mass is 35.5. The molecule has 2 aromatic carbocycles. The van der Waals surface area contributed by atoms with Crippen molar-refractivity contribution in [1.82, 2.24) is 4.98 Å². The fraction of sp³-hybridized carbons (Fsp3) is 0. The standard InChI is InChI=1S/C18H14ClN3O5S2/c1-22(23)14-5-7-15(8-6-14)29(26,27)21-17-9-4-13(19)11-18(17)28(24,25)16-3-2-10-20-12-16/h2-12,21H,1H2. The van der Waals surface area contributed by atoms with E-state index >= 15 is 0 Å². The Morgan fingerprint density at radius 2 is 1.69 bits per heavy atom. The molecule has 0 bridgehead atoms. The first kappa shape index (κ1) is 20.8. The number of halogens is 1. The van der Waals surface area contributed by atoms with Crippen LogP contribution in [0.5, 0.6) is 0 Å². The molecule has 8 nitrogen and oxygen atoms in total. The highest BCUT2D eigenvalue weighted by Crippen LogP contribution is 2.31. The van der Waals surface area contributed by atoms with Crippen LogP contribution in [0.3, 0.4) is 0 Å². The summed E-state index contributed by atoms with van der Waals surface area (Å²) >= 11 is 5.95. The molecule has 150 valence electrons. The molecule has 0 aliphatic rings. The number of hydrogen-bond acceptors (Lipinski definition) is 6. The van der Waals surface area contributed by atoms with E-state index < -0.39 is 19.9 Å². The molecule has 0 saturated heterocycles. The second-order valence-electron chi connectivity index (χ2n) is 5.81. The third-order valence-electron chi connectivity index (χ3n) is 3.86. The summed E-state index contributed by atoms with van der Waals surface area (Å²) in [6.45, 7) is 3.17. The van der Waals surface area contributed by atoms with Gasteiger partial charge in [0, 0.05) is 29.5 Å². The number of aromatic nitrogens is 1. The number of sulfone groups is 1. The monoisotopic (exact) mass is 451 g/mol. The van der Waals surface area contributed by atoms with E-state index in [0.29, 0.717) is 4.74 Å². The van der Waals surface area contributed by atoms with E-state index in [-0.39, 0.29) is 31.1 Å². The average molecular weight is 452 g/mol. The summed E-state index contributed by atoms with van der Waals surface area (Å²) in [7, 11) is -8.24. The van der Waals surface area contributed by atoms with Crippen molar-refractivity contribution in [2.45, 2.75) is 14.7 Å². The number of pyridine rings is 1. The molecule has 0 saturated carbocycles. The summed E-state index contributed by atoms with van der Waals surface area (Å²) in [6.07, 6.45) is 2.57. The van der Waals surface area contributed by atoms with Gasteiger partial charge in [-0.15, -0.1) is 0 Å². The number of benzene rings is 2. The first-order valence-corrected chi connectivity index (χ1v) is 11.3. The Balaban J connectivity index is 2.05. The first-order valence-electron chi connectivity index (χ1n) is 7.96. The highest BCUT2D eigenvalue weighted by Gasteiger charge is 2.25. The molecule has 0 atom stereocenters. The van der Waals surface area contributed by atoms with Crippen molar-refractivity contribution in [1.29, 1.82) is 0 Å². The molecular weight excluding hydrogens is 438 g/mol. The predicted molar refractivity (Wildman–Crippen MR) is 109 cm³/mol. The molecule has 0 aliphatic heterocycles. The fourth-order valence-electron chi connectivity index (χ4n) is 2.43. The molecule has 0 aliphatic carbocycles. The number of nitrogens with one attached hydrogen (secondary N) is 1. The fourth-order valence-corrected chi connectivity index (χ4v) is 5.21. The van der Waals surface area contributed by atoms with Crippen LogP contribution in [-0.4, -0.2) is 33.3 Å². The lowest BCUT2D eigenvalue weighted by Crippen LogP contribution is -2.16. The minimum Gasteiger partial charge on any atom is -0.619 e. The molecule has 0 amide bonds. The van der Waals surface area contributed by atoms with Gasteiger partial charge in [0.2, 0.25) is 15.5 Å². The van der Waals surface area contributed by atoms with Gasteiger partial charge < -0.3 is 5.21 Å². The van der Waals surface area contributed by atoms with Gasteiger partial charge in [-0.2, -0.15) is 4.74 Å².